The monoisotopic (exact) mass is 252 g/mol. The Labute approximate surface area is 107 Å². The van der Waals surface area contributed by atoms with Crippen LogP contribution < -0.4 is 0 Å². The molecule has 1 unspecified atom stereocenters. The molecule has 3 nitrogen and oxygen atoms in total. The van der Waals surface area contributed by atoms with Gasteiger partial charge in [0.15, 0.2) is 0 Å². The maximum absolute atomic E-state index is 11.3. The molecule has 0 spiro atoms. The zero-order valence-electron chi connectivity index (χ0n) is 10.4. The quantitative estimate of drug-likeness (QED) is 0.826. The summed E-state index contributed by atoms with van der Waals surface area (Å²) in [6, 6.07) is 0.428. The number of thiazole rings is 1. The van der Waals surface area contributed by atoms with E-state index in [-0.39, 0.29) is 0 Å². The van der Waals surface area contributed by atoms with Crippen LogP contribution in [0.2, 0.25) is 0 Å². The number of nitrogens with zero attached hydrogens (tertiary/aromatic N) is 2. The summed E-state index contributed by atoms with van der Waals surface area (Å²) < 4.78 is 0. The molecule has 1 aromatic heterocycles. The summed E-state index contributed by atoms with van der Waals surface area (Å²) in [5.74, 6) is 0.306. The maximum Gasteiger partial charge on any atom is 0.131 e. The van der Waals surface area contributed by atoms with E-state index in [0.717, 1.165) is 25.2 Å². The molecular weight excluding hydrogens is 232 g/mol. The normalized spacial score (nSPS) is 22.3. The molecule has 1 aliphatic rings. The van der Waals surface area contributed by atoms with Gasteiger partial charge in [-0.2, -0.15) is 0 Å². The molecule has 1 aliphatic heterocycles. The van der Waals surface area contributed by atoms with Gasteiger partial charge in [-0.25, -0.2) is 4.98 Å². The number of Topliss-reactive ketones (excluding diaryl/α,β-unsaturated/α-hetero) is 1. The van der Waals surface area contributed by atoms with Gasteiger partial charge in [0.2, 0.25) is 0 Å². The Hall–Kier alpha value is -0.740. The fourth-order valence-corrected chi connectivity index (χ4v) is 3.08. The third kappa shape index (κ3) is 3.89. The van der Waals surface area contributed by atoms with Crippen LogP contribution in [0.3, 0.4) is 0 Å². The lowest BCUT2D eigenvalue weighted by Crippen LogP contribution is -2.35. The van der Waals surface area contributed by atoms with Crippen molar-refractivity contribution >= 4 is 17.1 Å². The Balaban J connectivity index is 2.00. The number of carbonyl (C=O) groups is 1. The predicted octanol–water partition coefficient (Wildman–Crippen LogP) is 2.87. The molecule has 0 bridgehead atoms. The van der Waals surface area contributed by atoms with E-state index in [1.165, 1.54) is 19.3 Å². The minimum atomic E-state index is 0.306. The number of rotatable bonds is 4. The summed E-state index contributed by atoms with van der Waals surface area (Å²) in [7, 11) is 0. The van der Waals surface area contributed by atoms with Gasteiger partial charge in [0, 0.05) is 24.4 Å². The Bertz CT molecular complexity index is 350. The molecule has 2 rings (SSSR count). The molecular formula is C13H20N2OS. The van der Waals surface area contributed by atoms with Crippen molar-refractivity contribution in [3.63, 3.8) is 0 Å². The molecule has 0 aromatic carbocycles. The average Bonchev–Trinajstić information content (AvgIpc) is 2.69. The zero-order chi connectivity index (χ0) is 12.1. The van der Waals surface area contributed by atoms with E-state index in [9.17, 15) is 4.79 Å². The van der Waals surface area contributed by atoms with Gasteiger partial charge in [0.05, 0.1) is 11.2 Å². The van der Waals surface area contributed by atoms with Crippen LogP contribution in [0.15, 0.2) is 10.9 Å². The van der Waals surface area contributed by atoms with E-state index in [1.54, 1.807) is 18.3 Å². The predicted molar refractivity (Wildman–Crippen MR) is 70.1 cm³/mol. The minimum absolute atomic E-state index is 0.306. The number of hydrogen-bond acceptors (Lipinski definition) is 4. The first-order valence-electron chi connectivity index (χ1n) is 6.36. The molecule has 0 radical (unpaired) electrons. The molecule has 1 aromatic rings. The lowest BCUT2D eigenvalue weighted by molar-refractivity contribution is -0.118. The van der Waals surface area contributed by atoms with Crippen molar-refractivity contribution in [1.29, 1.82) is 0 Å². The van der Waals surface area contributed by atoms with Crippen LogP contribution in [0.4, 0.5) is 0 Å². The number of hydrogen-bond donors (Lipinski definition) is 0. The second-order valence-corrected chi connectivity index (χ2v) is 5.58. The number of aromatic nitrogens is 1. The Kier molecular flexibility index (Phi) is 4.68. The van der Waals surface area contributed by atoms with Crippen LogP contribution in [0.25, 0.3) is 0 Å². The molecule has 1 atom stereocenters. The SMILES string of the molecule is CC(=O)CC1CCCCCN1Cc1cscn1. The van der Waals surface area contributed by atoms with Crippen LogP contribution in [-0.2, 0) is 11.3 Å². The van der Waals surface area contributed by atoms with Crippen molar-refractivity contribution in [3.8, 4) is 0 Å². The second-order valence-electron chi connectivity index (χ2n) is 4.86. The van der Waals surface area contributed by atoms with Gasteiger partial charge in [-0.3, -0.25) is 9.69 Å². The lowest BCUT2D eigenvalue weighted by atomic mass is 10.0. The van der Waals surface area contributed by atoms with E-state index in [0.29, 0.717) is 18.2 Å². The molecule has 1 saturated heterocycles. The number of likely N-dealkylation sites (tertiary alicyclic amines) is 1. The highest BCUT2D eigenvalue weighted by molar-refractivity contribution is 7.07. The first-order valence-corrected chi connectivity index (χ1v) is 7.30. The first-order chi connectivity index (χ1) is 8.25. The summed E-state index contributed by atoms with van der Waals surface area (Å²) >= 11 is 1.64. The third-order valence-corrected chi connectivity index (χ3v) is 4.01. The first kappa shape index (κ1) is 12.7. The number of ketones is 1. The van der Waals surface area contributed by atoms with Crippen molar-refractivity contribution in [2.24, 2.45) is 0 Å². The van der Waals surface area contributed by atoms with Gasteiger partial charge in [0.1, 0.15) is 5.78 Å². The van der Waals surface area contributed by atoms with Crippen molar-refractivity contribution in [3.05, 3.63) is 16.6 Å². The molecule has 2 heterocycles. The van der Waals surface area contributed by atoms with Gasteiger partial charge >= 0.3 is 0 Å². The van der Waals surface area contributed by atoms with E-state index in [2.05, 4.69) is 15.3 Å². The zero-order valence-corrected chi connectivity index (χ0v) is 11.2. The molecule has 94 valence electrons. The minimum Gasteiger partial charge on any atom is -0.300 e. The van der Waals surface area contributed by atoms with Gasteiger partial charge in [0.25, 0.3) is 0 Å². The topological polar surface area (TPSA) is 33.2 Å². The van der Waals surface area contributed by atoms with Crippen LogP contribution in [-0.4, -0.2) is 28.3 Å². The van der Waals surface area contributed by atoms with Gasteiger partial charge in [-0.1, -0.05) is 12.8 Å². The molecule has 0 saturated carbocycles. The van der Waals surface area contributed by atoms with Crippen LogP contribution in [0.5, 0.6) is 0 Å². The Morgan fingerprint density at radius 3 is 3.12 bits per heavy atom. The van der Waals surface area contributed by atoms with Gasteiger partial charge in [-0.15, -0.1) is 11.3 Å². The molecule has 0 N–H and O–H groups in total. The molecule has 17 heavy (non-hydrogen) atoms. The Morgan fingerprint density at radius 2 is 2.41 bits per heavy atom. The van der Waals surface area contributed by atoms with E-state index in [1.807, 2.05) is 5.51 Å². The van der Waals surface area contributed by atoms with Crippen LogP contribution >= 0.6 is 11.3 Å². The van der Waals surface area contributed by atoms with Crippen LogP contribution in [0.1, 0.15) is 44.7 Å². The van der Waals surface area contributed by atoms with Crippen molar-refractivity contribution in [2.45, 2.75) is 51.6 Å². The van der Waals surface area contributed by atoms with Crippen molar-refractivity contribution in [1.82, 2.24) is 9.88 Å². The fourth-order valence-electron chi connectivity index (χ4n) is 2.53. The second kappa shape index (κ2) is 6.26. The molecule has 1 fully saturated rings. The van der Waals surface area contributed by atoms with Crippen molar-refractivity contribution in [2.75, 3.05) is 6.54 Å². The fraction of sp³-hybridized carbons (Fsp3) is 0.692. The summed E-state index contributed by atoms with van der Waals surface area (Å²) in [5.41, 5.74) is 3.03. The summed E-state index contributed by atoms with van der Waals surface area (Å²) in [6.07, 6.45) is 5.65. The largest absolute Gasteiger partial charge is 0.300 e. The smallest absolute Gasteiger partial charge is 0.131 e. The summed E-state index contributed by atoms with van der Waals surface area (Å²) in [6.45, 7) is 3.71. The highest BCUT2D eigenvalue weighted by Gasteiger charge is 2.22. The molecule has 0 amide bonds. The average molecular weight is 252 g/mol. The lowest BCUT2D eigenvalue weighted by Gasteiger charge is -2.28. The van der Waals surface area contributed by atoms with Crippen molar-refractivity contribution < 1.29 is 4.79 Å². The van der Waals surface area contributed by atoms with E-state index in [4.69, 9.17) is 0 Å². The summed E-state index contributed by atoms with van der Waals surface area (Å²) in [4.78, 5) is 18.1. The highest BCUT2D eigenvalue weighted by atomic mass is 32.1. The number of carbonyl (C=O) groups excluding carboxylic acids is 1. The van der Waals surface area contributed by atoms with Crippen LogP contribution in [0, 0.1) is 0 Å². The standard InChI is InChI=1S/C13H20N2OS/c1-11(16)7-13-5-3-2-4-6-15(13)8-12-9-17-10-14-12/h9-10,13H,2-8H2,1H3. The van der Waals surface area contributed by atoms with Gasteiger partial charge in [-0.05, 0) is 26.3 Å². The van der Waals surface area contributed by atoms with E-state index < -0.39 is 0 Å². The van der Waals surface area contributed by atoms with Gasteiger partial charge < -0.3 is 0 Å². The van der Waals surface area contributed by atoms with E-state index >= 15 is 0 Å². The molecule has 0 aliphatic carbocycles. The Morgan fingerprint density at radius 1 is 1.53 bits per heavy atom. The molecule has 4 heteroatoms. The summed E-state index contributed by atoms with van der Waals surface area (Å²) in [5, 5.41) is 2.11. The highest BCUT2D eigenvalue weighted by Crippen LogP contribution is 2.21. The third-order valence-electron chi connectivity index (χ3n) is 3.37. The maximum atomic E-state index is 11.3.